The number of carbonyl (C=O) groups is 1. The normalized spacial score (nSPS) is 21.6. The van der Waals surface area contributed by atoms with Crippen LogP contribution in [-0.4, -0.2) is 10.9 Å². The lowest BCUT2D eigenvalue weighted by atomic mass is 9.93. The Bertz CT molecular complexity index is 575. The van der Waals surface area contributed by atoms with Gasteiger partial charge in [0, 0.05) is 5.56 Å². The number of hydrogen-bond donors (Lipinski definition) is 1. The van der Waals surface area contributed by atoms with Crippen molar-refractivity contribution < 1.29 is 9.90 Å². The van der Waals surface area contributed by atoms with Crippen LogP contribution in [0, 0.1) is 5.92 Å². The van der Waals surface area contributed by atoms with Crippen molar-refractivity contribution in [3.63, 3.8) is 0 Å². The molecule has 90 valence electrons. The van der Waals surface area contributed by atoms with Crippen LogP contribution in [0.5, 0.6) is 0 Å². The zero-order chi connectivity index (χ0) is 12.5. The molecule has 0 saturated heterocycles. The second-order valence-corrected chi connectivity index (χ2v) is 4.68. The van der Waals surface area contributed by atoms with Crippen LogP contribution in [0.3, 0.4) is 0 Å². The van der Waals surface area contributed by atoms with E-state index in [2.05, 4.69) is 0 Å². The van der Waals surface area contributed by atoms with Gasteiger partial charge < -0.3 is 5.11 Å². The van der Waals surface area contributed by atoms with Gasteiger partial charge in [-0.05, 0) is 17.5 Å². The van der Waals surface area contributed by atoms with Gasteiger partial charge in [0.1, 0.15) is 0 Å². The SMILES string of the molecule is O=C(c1ccccc1)C1Cc2ccccc2[C@@H]1O. The van der Waals surface area contributed by atoms with Crippen molar-refractivity contribution in [1.82, 2.24) is 0 Å². The van der Waals surface area contributed by atoms with Crippen LogP contribution in [0.1, 0.15) is 27.6 Å². The van der Waals surface area contributed by atoms with Gasteiger partial charge >= 0.3 is 0 Å². The Morgan fingerprint density at radius 1 is 1.00 bits per heavy atom. The first kappa shape index (κ1) is 11.2. The number of rotatable bonds is 2. The minimum Gasteiger partial charge on any atom is -0.388 e. The minimum atomic E-state index is -0.672. The molecule has 0 fully saturated rings. The van der Waals surface area contributed by atoms with Crippen LogP contribution in [0.2, 0.25) is 0 Å². The highest BCUT2D eigenvalue weighted by molar-refractivity contribution is 5.98. The number of hydrogen-bond acceptors (Lipinski definition) is 2. The van der Waals surface area contributed by atoms with Crippen LogP contribution < -0.4 is 0 Å². The zero-order valence-corrected chi connectivity index (χ0v) is 9.91. The topological polar surface area (TPSA) is 37.3 Å². The monoisotopic (exact) mass is 238 g/mol. The molecule has 0 bridgehead atoms. The number of aliphatic hydroxyl groups is 1. The van der Waals surface area contributed by atoms with Crippen LogP contribution >= 0.6 is 0 Å². The van der Waals surface area contributed by atoms with Crippen LogP contribution in [0.25, 0.3) is 0 Å². The van der Waals surface area contributed by atoms with Gasteiger partial charge in [-0.1, -0.05) is 54.6 Å². The summed E-state index contributed by atoms with van der Waals surface area (Å²) < 4.78 is 0. The van der Waals surface area contributed by atoms with E-state index in [1.807, 2.05) is 42.5 Å². The Morgan fingerprint density at radius 2 is 1.67 bits per heavy atom. The van der Waals surface area contributed by atoms with E-state index in [1.54, 1.807) is 12.1 Å². The molecule has 2 nitrogen and oxygen atoms in total. The lowest BCUT2D eigenvalue weighted by molar-refractivity contribution is 0.0725. The molecular formula is C16H14O2. The van der Waals surface area contributed by atoms with E-state index in [0.717, 1.165) is 11.1 Å². The van der Waals surface area contributed by atoms with Gasteiger partial charge in [-0.3, -0.25) is 4.79 Å². The third kappa shape index (κ3) is 1.75. The van der Waals surface area contributed by atoms with Crippen molar-refractivity contribution in [2.24, 2.45) is 5.92 Å². The smallest absolute Gasteiger partial charge is 0.169 e. The highest BCUT2D eigenvalue weighted by atomic mass is 16.3. The summed E-state index contributed by atoms with van der Waals surface area (Å²) in [6.07, 6.45) is -0.0423. The summed E-state index contributed by atoms with van der Waals surface area (Å²) in [6, 6.07) is 16.9. The molecule has 0 spiro atoms. The molecule has 1 unspecified atom stereocenters. The van der Waals surface area contributed by atoms with Gasteiger partial charge in [0.2, 0.25) is 0 Å². The molecular weight excluding hydrogens is 224 g/mol. The Hall–Kier alpha value is -1.93. The van der Waals surface area contributed by atoms with Crippen molar-refractivity contribution in [1.29, 1.82) is 0 Å². The van der Waals surface area contributed by atoms with Crippen molar-refractivity contribution >= 4 is 5.78 Å². The molecule has 2 atom stereocenters. The first-order valence-corrected chi connectivity index (χ1v) is 6.12. The maximum absolute atomic E-state index is 12.4. The Morgan fingerprint density at radius 3 is 2.39 bits per heavy atom. The summed E-state index contributed by atoms with van der Waals surface area (Å²) in [5.41, 5.74) is 2.65. The van der Waals surface area contributed by atoms with Crippen molar-refractivity contribution in [2.45, 2.75) is 12.5 Å². The van der Waals surface area contributed by atoms with E-state index in [9.17, 15) is 9.90 Å². The molecule has 2 heteroatoms. The van der Waals surface area contributed by atoms with Gasteiger partial charge in [0.05, 0.1) is 12.0 Å². The predicted molar refractivity (Wildman–Crippen MR) is 69.4 cm³/mol. The maximum atomic E-state index is 12.4. The Labute approximate surface area is 106 Å². The lowest BCUT2D eigenvalue weighted by Crippen LogP contribution is -2.19. The number of fused-ring (bicyclic) bond motifs is 1. The van der Waals surface area contributed by atoms with E-state index in [1.165, 1.54) is 0 Å². The molecule has 0 aromatic heterocycles. The molecule has 2 aromatic carbocycles. The van der Waals surface area contributed by atoms with Crippen LogP contribution in [0.15, 0.2) is 54.6 Å². The molecule has 0 aliphatic heterocycles. The molecule has 3 rings (SSSR count). The van der Waals surface area contributed by atoms with Crippen LogP contribution in [-0.2, 0) is 6.42 Å². The predicted octanol–water partition coefficient (Wildman–Crippen LogP) is 2.78. The Balaban J connectivity index is 1.91. The summed E-state index contributed by atoms with van der Waals surface area (Å²) in [4.78, 5) is 12.4. The molecule has 0 heterocycles. The van der Waals surface area contributed by atoms with Gasteiger partial charge in [-0.2, -0.15) is 0 Å². The van der Waals surface area contributed by atoms with Crippen LogP contribution in [0.4, 0.5) is 0 Å². The second kappa shape index (κ2) is 4.39. The molecule has 18 heavy (non-hydrogen) atoms. The molecule has 1 aliphatic rings. The average Bonchev–Trinajstić information content (AvgIpc) is 2.77. The summed E-state index contributed by atoms with van der Waals surface area (Å²) in [7, 11) is 0. The van der Waals surface area contributed by atoms with Gasteiger partial charge in [0.15, 0.2) is 5.78 Å². The third-order valence-corrected chi connectivity index (χ3v) is 3.59. The summed E-state index contributed by atoms with van der Waals surface area (Å²) in [6.45, 7) is 0. The van der Waals surface area contributed by atoms with Gasteiger partial charge in [-0.25, -0.2) is 0 Å². The summed E-state index contributed by atoms with van der Waals surface area (Å²) in [5.74, 6) is -0.316. The second-order valence-electron chi connectivity index (χ2n) is 4.68. The molecule has 0 saturated carbocycles. The van der Waals surface area contributed by atoms with E-state index < -0.39 is 6.10 Å². The minimum absolute atomic E-state index is 0.0271. The molecule has 1 aliphatic carbocycles. The van der Waals surface area contributed by atoms with Crippen molar-refractivity contribution in [3.05, 3.63) is 71.3 Å². The highest BCUT2D eigenvalue weighted by Gasteiger charge is 2.35. The quantitative estimate of drug-likeness (QED) is 0.817. The van der Waals surface area contributed by atoms with E-state index in [-0.39, 0.29) is 11.7 Å². The lowest BCUT2D eigenvalue weighted by Gasteiger charge is -2.13. The number of benzene rings is 2. The van der Waals surface area contributed by atoms with Gasteiger partial charge in [0.25, 0.3) is 0 Å². The fourth-order valence-electron chi connectivity index (χ4n) is 2.63. The zero-order valence-electron chi connectivity index (χ0n) is 9.91. The largest absolute Gasteiger partial charge is 0.388 e. The van der Waals surface area contributed by atoms with E-state index in [0.29, 0.717) is 12.0 Å². The average molecular weight is 238 g/mol. The van der Waals surface area contributed by atoms with Gasteiger partial charge in [-0.15, -0.1) is 0 Å². The number of ketones is 1. The fourth-order valence-corrected chi connectivity index (χ4v) is 2.63. The first-order chi connectivity index (χ1) is 8.77. The highest BCUT2D eigenvalue weighted by Crippen LogP contribution is 2.37. The molecule has 0 radical (unpaired) electrons. The number of Topliss-reactive ketones (excluding diaryl/α,β-unsaturated/α-hetero) is 1. The number of carbonyl (C=O) groups excluding carboxylic acids is 1. The van der Waals surface area contributed by atoms with Crippen molar-refractivity contribution in [2.75, 3.05) is 0 Å². The number of aliphatic hydroxyl groups excluding tert-OH is 1. The summed E-state index contributed by atoms with van der Waals surface area (Å²) in [5, 5.41) is 10.3. The Kier molecular flexibility index (Phi) is 2.73. The molecule has 0 amide bonds. The van der Waals surface area contributed by atoms with E-state index in [4.69, 9.17) is 0 Å². The molecule has 2 aromatic rings. The third-order valence-electron chi connectivity index (χ3n) is 3.59. The maximum Gasteiger partial charge on any atom is 0.169 e. The van der Waals surface area contributed by atoms with Crippen molar-refractivity contribution in [3.8, 4) is 0 Å². The summed E-state index contributed by atoms with van der Waals surface area (Å²) >= 11 is 0. The molecule has 1 N–H and O–H groups in total. The standard InChI is InChI=1S/C16H14O2/c17-15(11-6-2-1-3-7-11)14-10-12-8-4-5-9-13(12)16(14)18/h1-9,14,16,18H,10H2/t14?,16-/m0/s1. The fraction of sp³-hybridized carbons (Fsp3) is 0.188. The van der Waals surface area contributed by atoms with E-state index >= 15 is 0 Å². The first-order valence-electron chi connectivity index (χ1n) is 6.12.